The van der Waals surface area contributed by atoms with Gasteiger partial charge in [0.25, 0.3) is 0 Å². The average molecular weight is 232 g/mol. The lowest BCUT2D eigenvalue weighted by Gasteiger charge is -2.39. The van der Waals surface area contributed by atoms with Crippen molar-refractivity contribution < 1.29 is 14.9 Å². The second kappa shape index (κ2) is 7.19. The highest BCUT2D eigenvalue weighted by Crippen LogP contribution is 2.28. The van der Waals surface area contributed by atoms with Gasteiger partial charge in [-0.05, 0) is 12.8 Å². The third-order valence-corrected chi connectivity index (χ3v) is 3.23. The van der Waals surface area contributed by atoms with Gasteiger partial charge in [-0.25, -0.2) is 0 Å². The molecular formula is C11H24N2O3. The minimum atomic E-state index is 0.00257. The number of rotatable bonds is 7. The van der Waals surface area contributed by atoms with Gasteiger partial charge in [0.05, 0.1) is 19.8 Å². The fraction of sp³-hybridized carbons (Fsp3) is 1.00. The Morgan fingerprint density at radius 3 is 2.38 bits per heavy atom. The molecule has 5 nitrogen and oxygen atoms in total. The van der Waals surface area contributed by atoms with Crippen LogP contribution in [0.2, 0.25) is 0 Å². The van der Waals surface area contributed by atoms with E-state index in [-0.39, 0.29) is 18.6 Å². The lowest BCUT2D eigenvalue weighted by atomic mass is 9.82. The van der Waals surface area contributed by atoms with E-state index >= 15 is 0 Å². The van der Waals surface area contributed by atoms with Crippen LogP contribution in [0.15, 0.2) is 0 Å². The highest BCUT2D eigenvalue weighted by Gasteiger charge is 2.33. The van der Waals surface area contributed by atoms with Crippen molar-refractivity contribution in [2.75, 3.05) is 52.6 Å². The minimum absolute atomic E-state index is 0.00257. The van der Waals surface area contributed by atoms with Crippen LogP contribution < -0.4 is 5.73 Å². The summed E-state index contributed by atoms with van der Waals surface area (Å²) in [6, 6.07) is 0. The molecule has 1 aliphatic heterocycles. The summed E-state index contributed by atoms with van der Waals surface area (Å²) in [5.74, 6) is 0. The molecule has 1 atom stereocenters. The second-order valence-electron chi connectivity index (χ2n) is 4.58. The molecule has 1 unspecified atom stereocenters. The molecule has 0 aliphatic carbocycles. The Labute approximate surface area is 97.2 Å². The largest absolute Gasteiger partial charge is 0.395 e. The molecule has 1 aliphatic rings. The van der Waals surface area contributed by atoms with Crippen molar-refractivity contribution in [1.82, 2.24) is 4.90 Å². The van der Waals surface area contributed by atoms with Crippen molar-refractivity contribution in [2.24, 2.45) is 11.1 Å². The van der Waals surface area contributed by atoms with Crippen LogP contribution in [0.4, 0.5) is 0 Å². The molecule has 0 bridgehead atoms. The van der Waals surface area contributed by atoms with E-state index in [2.05, 4.69) is 4.90 Å². The zero-order valence-corrected chi connectivity index (χ0v) is 9.90. The van der Waals surface area contributed by atoms with Gasteiger partial charge in [-0.2, -0.15) is 0 Å². The summed E-state index contributed by atoms with van der Waals surface area (Å²) in [6.45, 7) is 4.30. The van der Waals surface area contributed by atoms with E-state index in [0.717, 1.165) is 26.0 Å². The molecule has 1 saturated heterocycles. The highest BCUT2D eigenvalue weighted by atomic mass is 16.5. The fourth-order valence-electron chi connectivity index (χ4n) is 2.29. The number of aliphatic hydroxyl groups excluding tert-OH is 2. The molecule has 0 saturated carbocycles. The molecule has 0 radical (unpaired) electrons. The number of nitrogens with two attached hydrogens (primary N) is 1. The van der Waals surface area contributed by atoms with Gasteiger partial charge in [0, 0.05) is 38.2 Å². The van der Waals surface area contributed by atoms with Crippen LogP contribution in [0.3, 0.4) is 0 Å². The molecule has 1 heterocycles. The number of nitrogens with zero attached hydrogens (tertiary/aromatic N) is 1. The van der Waals surface area contributed by atoms with Gasteiger partial charge < -0.3 is 20.7 Å². The maximum Gasteiger partial charge on any atom is 0.0558 e. The predicted octanol–water partition coefficient (Wildman–Crippen LogP) is -0.971. The summed E-state index contributed by atoms with van der Waals surface area (Å²) in [6.07, 6.45) is 2.11. The van der Waals surface area contributed by atoms with E-state index in [1.165, 1.54) is 0 Å². The number of hydrogen-bond acceptors (Lipinski definition) is 5. The van der Waals surface area contributed by atoms with E-state index in [1.807, 2.05) is 0 Å². The molecule has 0 aromatic heterocycles. The van der Waals surface area contributed by atoms with Crippen molar-refractivity contribution in [3.63, 3.8) is 0 Å². The van der Waals surface area contributed by atoms with Crippen molar-refractivity contribution in [3.05, 3.63) is 0 Å². The van der Waals surface area contributed by atoms with Crippen molar-refractivity contribution >= 4 is 0 Å². The summed E-state index contributed by atoms with van der Waals surface area (Å²) in [7, 11) is 0. The molecular weight excluding hydrogens is 208 g/mol. The van der Waals surface area contributed by atoms with E-state index in [4.69, 9.17) is 20.7 Å². The minimum Gasteiger partial charge on any atom is -0.395 e. The van der Waals surface area contributed by atoms with Gasteiger partial charge in [0.1, 0.15) is 0 Å². The van der Waals surface area contributed by atoms with Gasteiger partial charge >= 0.3 is 0 Å². The molecule has 1 fully saturated rings. The molecule has 5 heteroatoms. The summed E-state index contributed by atoms with van der Waals surface area (Å²) in [5.41, 5.74) is 5.85. The lowest BCUT2D eigenvalue weighted by Crippen LogP contribution is -2.49. The fourth-order valence-corrected chi connectivity index (χ4v) is 2.29. The van der Waals surface area contributed by atoms with Crippen molar-refractivity contribution in [1.29, 1.82) is 0 Å². The van der Waals surface area contributed by atoms with Crippen LogP contribution in [0.25, 0.3) is 0 Å². The van der Waals surface area contributed by atoms with Crippen LogP contribution in [-0.2, 0) is 4.74 Å². The Bertz CT molecular complexity index is 178. The third kappa shape index (κ3) is 3.99. The van der Waals surface area contributed by atoms with Crippen molar-refractivity contribution in [2.45, 2.75) is 12.8 Å². The monoisotopic (exact) mass is 232 g/mol. The molecule has 4 N–H and O–H groups in total. The molecule has 1 rings (SSSR count). The third-order valence-electron chi connectivity index (χ3n) is 3.23. The Balaban J connectivity index is 2.50. The highest BCUT2D eigenvalue weighted by molar-refractivity contribution is 4.86. The topological polar surface area (TPSA) is 79.0 Å². The second-order valence-corrected chi connectivity index (χ2v) is 4.58. The first kappa shape index (κ1) is 13.9. The number of ether oxygens (including phenoxy) is 1. The molecule has 16 heavy (non-hydrogen) atoms. The Kier molecular flexibility index (Phi) is 6.23. The van der Waals surface area contributed by atoms with Gasteiger partial charge in [-0.1, -0.05) is 0 Å². The predicted molar refractivity (Wildman–Crippen MR) is 62.2 cm³/mol. The van der Waals surface area contributed by atoms with E-state index in [1.54, 1.807) is 0 Å². The summed E-state index contributed by atoms with van der Waals surface area (Å²) in [4.78, 5) is 2.06. The SMILES string of the molecule is NCC1(CN(CCO)CCO)CCCOC1. The molecule has 0 aromatic rings. The maximum absolute atomic E-state index is 8.96. The lowest BCUT2D eigenvalue weighted by molar-refractivity contribution is -0.0256. The Morgan fingerprint density at radius 1 is 1.25 bits per heavy atom. The summed E-state index contributed by atoms with van der Waals surface area (Å²) < 4.78 is 5.50. The van der Waals surface area contributed by atoms with Gasteiger partial charge in [0.2, 0.25) is 0 Å². The van der Waals surface area contributed by atoms with Crippen LogP contribution >= 0.6 is 0 Å². The number of aliphatic hydroxyl groups is 2. The zero-order chi connectivity index (χ0) is 11.9. The van der Waals surface area contributed by atoms with Gasteiger partial charge in [-0.15, -0.1) is 0 Å². The van der Waals surface area contributed by atoms with Crippen molar-refractivity contribution in [3.8, 4) is 0 Å². The average Bonchev–Trinajstić information content (AvgIpc) is 2.31. The standard InChI is InChI=1S/C11H24N2O3/c12-8-11(2-1-7-16-10-11)9-13(3-5-14)4-6-15/h14-15H,1-10,12H2. The molecule has 96 valence electrons. The van der Waals surface area contributed by atoms with Crippen LogP contribution in [-0.4, -0.2) is 67.7 Å². The van der Waals surface area contributed by atoms with Crippen LogP contribution in [0.5, 0.6) is 0 Å². The first-order valence-electron chi connectivity index (χ1n) is 5.98. The van der Waals surface area contributed by atoms with E-state index in [9.17, 15) is 0 Å². The van der Waals surface area contributed by atoms with Gasteiger partial charge in [-0.3, -0.25) is 4.90 Å². The number of hydrogen-bond donors (Lipinski definition) is 3. The first-order valence-corrected chi connectivity index (χ1v) is 5.98. The summed E-state index contributed by atoms with van der Waals surface area (Å²) in [5, 5.41) is 17.9. The smallest absolute Gasteiger partial charge is 0.0558 e. The van der Waals surface area contributed by atoms with E-state index < -0.39 is 0 Å². The quantitative estimate of drug-likeness (QED) is 0.526. The maximum atomic E-state index is 8.96. The van der Waals surface area contributed by atoms with Gasteiger partial charge in [0.15, 0.2) is 0 Å². The molecule has 0 aromatic carbocycles. The van der Waals surface area contributed by atoms with Crippen LogP contribution in [0.1, 0.15) is 12.8 Å². The Hall–Kier alpha value is -0.200. The Morgan fingerprint density at radius 2 is 1.94 bits per heavy atom. The molecule has 0 spiro atoms. The molecule has 0 amide bonds. The zero-order valence-electron chi connectivity index (χ0n) is 9.90. The van der Waals surface area contributed by atoms with E-state index in [0.29, 0.717) is 26.2 Å². The summed E-state index contributed by atoms with van der Waals surface area (Å²) >= 11 is 0. The van der Waals surface area contributed by atoms with Crippen LogP contribution in [0, 0.1) is 5.41 Å². The first-order chi connectivity index (χ1) is 7.76. The normalized spacial score (nSPS) is 26.2.